The quantitative estimate of drug-likeness (QED) is 0.821. The molecule has 0 spiro atoms. The largest absolute Gasteiger partial charge is 0.369 e. The van der Waals surface area contributed by atoms with E-state index in [1.807, 2.05) is 11.0 Å². The Balaban J connectivity index is 0.00000156. The highest BCUT2D eigenvalue weighted by Crippen LogP contribution is 2.26. The second-order valence-corrected chi connectivity index (χ2v) is 6.27. The van der Waals surface area contributed by atoms with E-state index in [9.17, 15) is 18.0 Å². The third-order valence-electron chi connectivity index (χ3n) is 4.37. The molecular formula is C16H22Cl2F3N3O. The molecular weight excluding hydrogens is 378 g/mol. The minimum atomic E-state index is -2.82. The highest BCUT2D eigenvalue weighted by molar-refractivity contribution is 5.85. The fraction of sp³-hybridized carbons (Fsp3) is 0.562. The Hall–Kier alpha value is -1.18. The molecule has 25 heavy (non-hydrogen) atoms. The summed E-state index contributed by atoms with van der Waals surface area (Å²) in [4.78, 5) is 14.1. The van der Waals surface area contributed by atoms with E-state index in [4.69, 9.17) is 0 Å². The number of piperidine rings is 1. The zero-order chi connectivity index (χ0) is 16.4. The normalized spacial score (nSPS) is 24.8. The van der Waals surface area contributed by atoms with Crippen LogP contribution < -0.4 is 15.5 Å². The number of benzene rings is 1. The molecule has 0 aliphatic carbocycles. The minimum Gasteiger partial charge on any atom is -0.369 e. The van der Waals surface area contributed by atoms with Gasteiger partial charge in [-0.2, -0.15) is 0 Å². The molecule has 1 amide bonds. The molecule has 0 aromatic heterocycles. The molecule has 2 atom stereocenters. The number of nitrogens with one attached hydrogen (secondary N) is 2. The van der Waals surface area contributed by atoms with Gasteiger partial charge in [0.05, 0.1) is 12.6 Å². The molecule has 2 fully saturated rings. The molecule has 2 unspecified atom stereocenters. The highest BCUT2D eigenvalue weighted by Gasteiger charge is 2.42. The molecule has 1 aromatic rings. The molecule has 9 heteroatoms. The van der Waals surface area contributed by atoms with Crippen molar-refractivity contribution in [2.75, 3.05) is 24.5 Å². The first-order valence-electron chi connectivity index (χ1n) is 7.85. The molecule has 3 rings (SSSR count). The number of anilines is 1. The van der Waals surface area contributed by atoms with Crippen molar-refractivity contribution in [3.8, 4) is 0 Å². The van der Waals surface area contributed by atoms with Gasteiger partial charge < -0.3 is 10.2 Å². The SMILES string of the molecule is Cl.Cl.O=C(NC1CCCN(c2cccc(F)c2)C1)C1CC(F)(F)CN1. The summed E-state index contributed by atoms with van der Waals surface area (Å²) in [6.45, 7) is 0.888. The molecule has 2 aliphatic rings. The van der Waals surface area contributed by atoms with E-state index >= 15 is 0 Å². The third-order valence-corrected chi connectivity index (χ3v) is 4.37. The van der Waals surface area contributed by atoms with Crippen molar-refractivity contribution in [3.63, 3.8) is 0 Å². The predicted octanol–water partition coefficient (Wildman–Crippen LogP) is 2.75. The molecule has 142 valence electrons. The van der Waals surface area contributed by atoms with E-state index < -0.39 is 24.9 Å². The summed E-state index contributed by atoms with van der Waals surface area (Å²) in [5.41, 5.74) is 0.773. The lowest BCUT2D eigenvalue weighted by atomic mass is 10.0. The van der Waals surface area contributed by atoms with Crippen LogP contribution in [0.5, 0.6) is 0 Å². The maximum absolute atomic E-state index is 13.3. The Morgan fingerprint density at radius 1 is 1.32 bits per heavy atom. The van der Waals surface area contributed by atoms with Crippen molar-refractivity contribution in [2.45, 2.75) is 37.3 Å². The van der Waals surface area contributed by atoms with Crippen LogP contribution in [0.4, 0.5) is 18.9 Å². The summed E-state index contributed by atoms with van der Waals surface area (Å²) in [5, 5.41) is 5.40. The first kappa shape index (κ1) is 21.9. The number of nitrogens with zero attached hydrogens (tertiary/aromatic N) is 1. The van der Waals surface area contributed by atoms with Crippen molar-refractivity contribution in [2.24, 2.45) is 0 Å². The van der Waals surface area contributed by atoms with Crippen LogP contribution in [0, 0.1) is 5.82 Å². The molecule has 2 saturated heterocycles. The number of hydrogen-bond donors (Lipinski definition) is 2. The number of amides is 1. The van der Waals surface area contributed by atoms with E-state index in [0.29, 0.717) is 6.54 Å². The van der Waals surface area contributed by atoms with Crippen molar-refractivity contribution >= 4 is 36.4 Å². The van der Waals surface area contributed by atoms with Crippen LogP contribution in [-0.2, 0) is 4.79 Å². The highest BCUT2D eigenvalue weighted by atomic mass is 35.5. The number of hydrogen-bond acceptors (Lipinski definition) is 3. The van der Waals surface area contributed by atoms with Gasteiger partial charge in [-0.1, -0.05) is 6.07 Å². The molecule has 0 bridgehead atoms. The second-order valence-electron chi connectivity index (χ2n) is 6.27. The van der Waals surface area contributed by atoms with Gasteiger partial charge in [0.15, 0.2) is 0 Å². The van der Waals surface area contributed by atoms with Gasteiger partial charge in [0.25, 0.3) is 5.92 Å². The second kappa shape index (κ2) is 8.96. The third kappa shape index (κ3) is 5.66. The summed E-state index contributed by atoms with van der Waals surface area (Å²) >= 11 is 0. The van der Waals surface area contributed by atoms with Gasteiger partial charge in [0, 0.05) is 31.2 Å². The zero-order valence-corrected chi connectivity index (χ0v) is 15.1. The lowest BCUT2D eigenvalue weighted by molar-refractivity contribution is -0.124. The molecule has 1 aromatic carbocycles. The van der Waals surface area contributed by atoms with Gasteiger partial charge in [-0.25, -0.2) is 13.2 Å². The molecule has 2 heterocycles. The van der Waals surface area contributed by atoms with Gasteiger partial charge in [0.2, 0.25) is 5.91 Å². The summed E-state index contributed by atoms with van der Waals surface area (Å²) in [5.74, 6) is -3.50. The smallest absolute Gasteiger partial charge is 0.262 e. The standard InChI is InChI=1S/C16H20F3N3O.2ClH/c17-11-3-1-5-13(7-11)22-6-2-4-12(9-22)21-15(23)14-8-16(18,19)10-20-14;;/h1,3,5,7,12,14,20H,2,4,6,8-10H2,(H,21,23);2*1H. The van der Waals surface area contributed by atoms with E-state index in [-0.39, 0.29) is 42.6 Å². The van der Waals surface area contributed by atoms with Gasteiger partial charge in [-0.15, -0.1) is 24.8 Å². The summed E-state index contributed by atoms with van der Waals surface area (Å²) in [6, 6.07) is 5.37. The van der Waals surface area contributed by atoms with Gasteiger partial charge in [-0.3, -0.25) is 10.1 Å². The molecule has 2 N–H and O–H groups in total. The van der Waals surface area contributed by atoms with Crippen LogP contribution in [0.25, 0.3) is 0 Å². The van der Waals surface area contributed by atoms with Crippen LogP contribution in [0.15, 0.2) is 24.3 Å². The minimum absolute atomic E-state index is 0. The Bertz CT molecular complexity index is 591. The van der Waals surface area contributed by atoms with Crippen molar-refractivity contribution in [1.82, 2.24) is 10.6 Å². The summed E-state index contributed by atoms with van der Waals surface area (Å²) in [7, 11) is 0. The number of carbonyl (C=O) groups is 1. The van der Waals surface area contributed by atoms with E-state index in [1.165, 1.54) is 12.1 Å². The lowest BCUT2D eigenvalue weighted by Crippen LogP contribution is -2.51. The van der Waals surface area contributed by atoms with Gasteiger partial charge in [0.1, 0.15) is 5.82 Å². The topological polar surface area (TPSA) is 44.4 Å². The average Bonchev–Trinajstić information content (AvgIpc) is 2.88. The maximum atomic E-state index is 13.3. The number of alkyl halides is 2. The number of carbonyl (C=O) groups excluding carboxylic acids is 1. The number of halogens is 5. The van der Waals surface area contributed by atoms with E-state index in [1.54, 1.807) is 6.07 Å². The van der Waals surface area contributed by atoms with Crippen molar-refractivity contribution in [3.05, 3.63) is 30.1 Å². The van der Waals surface area contributed by atoms with Crippen LogP contribution in [-0.4, -0.2) is 43.5 Å². The molecule has 4 nitrogen and oxygen atoms in total. The van der Waals surface area contributed by atoms with Gasteiger partial charge in [-0.05, 0) is 31.0 Å². The van der Waals surface area contributed by atoms with Crippen molar-refractivity contribution < 1.29 is 18.0 Å². The van der Waals surface area contributed by atoms with Crippen LogP contribution in [0.2, 0.25) is 0 Å². The molecule has 0 saturated carbocycles. The fourth-order valence-corrected chi connectivity index (χ4v) is 3.20. The van der Waals surface area contributed by atoms with Crippen LogP contribution in [0.3, 0.4) is 0 Å². The van der Waals surface area contributed by atoms with Crippen LogP contribution >= 0.6 is 24.8 Å². The Kier molecular flexibility index (Phi) is 7.84. The zero-order valence-electron chi connectivity index (χ0n) is 13.5. The van der Waals surface area contributed by atoms with Crippen molar-refractivity contribution in [1.29, 1.82) is 0 Å². The lowest BCUT2D eigenvalue weighted by Gasteiger charge is -2.35. The Morgan fingerprint density at radius 2 is 2.08 bits per heavy atom. The number of rotatable bonds is 3. The summed E-state index contributed by atoms with van der Waals surface area (Å²) in [6.07, 6.45) is 1.19. The summed E-state index contributed by atoms with van der Waals surface area (Å²) < 4.78 is 39.7. The average molecular weight is 400 g/mol. The fourth-order valence-electron chi connectivity index (χ4n) is 3.20. The molecule has 2 aliphatic heterocycles. The monoisotopic (exact) mass is 399 g/mol. The Morgan fingerprint density at radius 3 is 2.72 bits per heavy atom. The van der Waals surface area contributed by atoms with Gasteiger partial charge >= 0.3 is 0 Å². The predicted molar refractivity (Wildman–Crippen MR) is 95.6 cm³/mol. The molecule has 0 radical (unpaired) electrons. The van der Waals surface area contributed by atoms with E-state index in [2.05, 4.69) is 10.6 Å². The van der Waals surface area contributed by atoms with E-state index in [0.717, 1.165) is 25.1 Å². The first-order chi connectivity index (χ1) is 10.9. The first-order valence-corrected chi connectivity index (χ1v) is 7.85. The maximum Gasteiger partial charge on any atom is 0.262 e. The Labute approximate surface area is 157 Å². The van der Waals surface area contributed by atoms with Crippen LogP contribution in [0.1, 0.15) is 19.3 Å².